The minimum atomic E-state index is -1.89. The molecule has 0 aliphatic heterocycles. The smallest absolute Gasteiger partial charge is 0.450 e. The number of nitro groups is 2. The van der Waals surface area contributed by atoms with Gasteiger partial charge in [0.25, 0.3) is 0 Å². The minimum absolute atomic E-state index is 0.0675. The van der Waals surface area contributed by atoms with E-state index in [4.69, 9.17) is 5.11 Å². The molecule has 0 spiro atoms. The monoisotopic (exact) mass is 192 g/mol. The molecule has 0 unspecified atom stereocenters. The number of carbonyl (C=O) groups is 1. The van der Waals surface area contributed by atoms with E-state index in [-0.39, 0.29) is 19.3 Å². The maximum Gasteiger partial charge on any atom is 0.450 e. The molecule has 0 radical (unpaired) electrons. The van der Waals surface area contributed by atoms with Gasteiger partial charge >= 0.3 is 12.1 Å². The molecule has 1 N–H and O–H groups in total. The molecule has 0 aromatic rings. The van der Waals surface area contributed by atoms with Crippen molar-refractivity contribution in [1.29, 1.82) is 0 Å². The zero-order chi connectivity index (χ0) is 10.4. The van der Waals surface area contributed by atoms with Crippen molar-refractivity contribution < 1.29 is 19.7 Å². The fraction of sp³-hybridized carbons (Fsp3) is 0.800. The average molecular weight is 192 g/mol. The first kappa shape index (κ1) is 11.3. The lowest BCUT2D eigenvalue weighted by Gasteiger charge is -1.99. The van der Waals surface area contributed by atoms with Gasteiger partial charge in [-0.05, 0) is 6.42 Å². The molecule has 0 amide bonds. The lowest BCUT2D eigenvalue weighted by Crippen LogP contribution is -2.28. The minimum Gasteiger partial charge on any atom is -0.481 e. The first-order chi connectivity index (χ1) is 5.95. The van der Waals surface area contributed by atoms with Crippen LogP contribution in [0.25, 0.3) is 0 Å². The van der Waals surface area contributed by atoms with E-state index in [1.165, 1.54) is 0 Å². The molecule has 0 saturated carbocycles. The van der Waals surface area contributed by atoms with Gasteiger partial charge in [0, 0.05) is 6.42 Å². The Kier molecular flexibility index (Phi) is 4.34. The van der Waals surface area contributed by atoms with E-state index >= 15 is 0 Å². The highest BCUT2D eigenvalue weighted by atomic mass is 16.7. The molecule has 0 aromatic heterocycles. The van der Waals surface area contributed by atoms with Crippen molar-refractivity contribution in [2.24, 2.45) is 0 Å². The van der Waals surface area contributed by atoms with Gasteiger partial charge in [0.05, 0.1) is 16.3 Å². The predicted octanol–water partition coefficient (Wildman–Crippen LogP) is 0.121. The predicted molar refractivity (Wildman–Crippen MR) is 39.3 cm³/mol. The summed E-state index contributed by atoms with van der Waals surface area (Å²) in [7, 11) is 0. The van der Waals surface area contributed by atoms with Crippen LogP contribution in [0.5, 0.6) is 0 Å². The average Bonchev–Trinajstić information content (AvgIpc) is 1.95. The van der Waals surface area contributed by atoms with Gasteiger partial charge in [0.2, 0.25) is 0 Å². The summed E-state index contributed by atoms with van der Waals surface area (Å²) in [6.07, 6.45) is -2.61. The van der Waals surface area contributed by atoms with E-state index < -0.39 is 22.0 Å². The van der Waals surface area contributed by atoms with E-state index in [9.17, 15) is 25.0 Å². The molecule has 0 bridgehead atoms. The van der Waals surface area contributed by atoms with Gasteiger partial charge in [-0.15, -0.1) is 0 Å². The number of aliphatic carboxylic acids is 1. The Morgan fingerprint density at radius 1 is 1.31 bits per heavy atom. The topological polar surface area (TPSA) is 124 Å². The third kappa shape index (κ3) is 4.67. The number of hydrogen-bond acceptors (Lipinski definition) is 5. The molecule has 0 rings (SSSR count). The Bertz CT molecular complexity index is 213. The second kappa shape index (κ2) is 5.01. The van der Waals surface area contributed by atoms with Crippen molar-refractivity contribution in [3.05, 3.63) is 20.2 Å². The Morgan fingerprint density at radius 3 is 2.08 bits per heavy atom. The number of hydrogen-bond donors (Lipinski definition) is 1. The Balaban J connectivity index is 3.91. The van der Waals surface area contributed by atoms with Crippen LogP contribution >= 0.6 is 0 Å². The maximum absolute atomic E-state index is 10.0. The fourth-order valence-corrected chi connectivity index (χ4v) is 0.724. The zero-order valence-electron chi connectivity index (χ0n) is 6.58. The summed E-state index contributed by atoms with van der Waals surface area (Å²) < 4.78 is 0. The molecule has 74 valence electrons. The molecular formula is C5H8N2O6. The van der Waals surface area contributed by atoms with Crippen molar-refractivity contribution in [1.82, 2.24) is 0 Å². The summed E-state index contributed by atoms with van der Waals surface area (Å²) in [6, 6.07) is 0. The van der Waals surface area contributed by atoms with Crippen LogP contribution in [0.15, 0.2) is 0 Å². The number of rotatable bonds is 6. The van der Waals surface area contributed by atoms with Crippen molar-refractivity contribution in [2.45, 2.75) is 25.4 Å². The summed E-state index contributed by atoms with van der Waals surface area (Å²) in [5.41, 5.74) is 0. The van der Waals surface area contributed by atoms with Gasteiger partial charge in [-0.25, -0.2) is 0 Å². The molecule has 13 heavy (non-hydrogen) atoms. The highest BCUT2D eigenvalue weighted by Gasteiger charge is 2.31. The highest BCUT2D eigenvalue weighted by Crippen LogP contribution is 2.04. The summed E-state index contributed by atoms with van der Waals surface area (Å²) in [5.74, 6) is -1.12. The molecule has 0 saturated heterocycles. The zero-order valence-corrected chi connectivity index (χ0v) is 6.58. The van der Waals surface area contributed by atoms with Gasteiger partial charge in [-0.2, -0.15) is 0 Å². The van der Waals surface area contributed by atoms with Gasteiger partial charge < -0.3 is 5.11 Å². The third-order valence-corrected chi connectivity index (χ3v) is 1.34. The van der Waals surface area contributed by atoms with Gasteiger partial charge in [-0.1, -0.05) is 0 Å². The quantitative estimate of drug-likeness (QED) is 0.362. The van der Waals surface area contributed by atoms with Crippen LogP contribution in [-0.4, -0.2) is 27.1 Å². The Hall–Kier alpha value is -1.73. The summed E-state index contributed by atoms with van der Waals surface area (Å²) in [4.78, 5) is 28.0. The fourth-order valence-electron chi connectivity index (χ4n) is 0.724. The molecule has 8 heteroatoms. The lowest BCUT2D eigenvalue weighted by atomic mass is 10.2. The van der Waals surface area contributed by atoms with E-state index in [1.807, 2.05) is 0 Å². The molecule has 0 aromatic carbocycles. The maximum atomic E-state index is 10.0. The Labute approximate surface area is 72.5 Å². The Morgan fingerprint density at radius 2 is 1.77 bits per heavy atom. The molecule has 0 heterocycles. The van der Waals surface area contributed by atoms with Gasteiger partial charge in [0.1, 0.15) is 0 Å². The van der Waals surface area contributed by atoms with Crippen LogP contribution in [-0.2, 0) is 4.79 Å². The normalized spacial score (nSPS) is 9.92. The first-order valence-corrected chi connectivity index (χ1v) is 3.44. The summed E-state index contributed by atoms with van der Waals surface area (Å²) in [6.45, 7) is 0. The van der Waals surface area contributed by atoms with Crippen LogP contribution in [0.2, 0.25) is 0 Å². The number of nitrogens with zero attached hydrogens (tertiary/aromatic N) is 2. The van der Waals surface area contributed by atoms with Crippen molar-refractivity contribution in [3.8, 4) is 0 Å². The second-order valence-corrected chi connectivity index (χ2v) is 2.34. The molecule has 0 aliphatic rings. The van der Waals surface area contributed by atoms with E-state index in [2.05, 4.69) is 0 Å². The van der Waals surface area contributed by atoms with E-state index in [0.717, 1.165) is 0 Å². The van der Waals surface area contributed by atoms with Crippen LogP contribution < -0.4 is 0 Å². The van der Waals surface area contributed by atoms with Crippen LogP contribution in [0, 0.1) is 20.2 Å². The largest absolute Gasteiger partial charge is 0.481 e. The third-order valence-electron chi connectivity index (χ3n) is 1.34. The molecule has 8 nitrogen and oxygen atoms in total. The molecule has 0 aliphatic carbocycles. The van der Waals surface area contributed by atoms with Gasteiger partial charge in [0.15, 0.2) is 0 Å². The molecular weight excluding hydrogens is 184 g/mol. The van der Waals surface area contributed by atoms with Crippen LogP contribution in [0.4, 0.5) is 0 Å². The van der Waals surface area contributed by atoms with Crippen LogP contribution in [0.1, 0.15) is 19.3 Å². The van der Waals surface area contributed by atoms with Gasteiger partial charge in [-0.3, -0.25) is 25.0 Å². The summed E-state index contributed by atoms with van der Waals surface area (Å²) >= 11 is 0. The first-order valence-electron chi connectivity index (χ1n) is 3.44. The van der Waals surface area contributed by atoms with Crippen molar-refractivity contribution in [3.63, 3.8) is 0 Å². The standard InChI is InChI=1S/C5H8N2O6/c8-5(9)3-1-2-4(6(10)11)7(12)13/h4H,1-3H2,(H,8,9). The number of carboxylic acid groups (broad SMARTS) is 1. The second-order valence-electron chi connectivity index (χ2n) is 2.34. The van der Waals surface area contributed by atoms with E-state index in [1.54, 1.807) is 0 Å². The lowest BCUT2D eigenvalue weighted by molar-refractivity contribution is -0.743. The molecule has 0 atom stereocenters. The van der Waals surface area contributed by atoms with E-state index in [0.29, 0.717) is 0 Å². The summed E-state index contributed by atoms with van der Waals surface area (Å²) in [5, 5.41) is 28.2. The number of carboxylic acids is 1. The highest BCUT2D eigenvalue weighted by molar-refractivity contribution is 5.66. The molecule has 0 fully saturated rings. The van der Waals surface area contributed by atoms with Crippen molar-refractivity contribution in [2.75, 3.05) is 0 Å². The van der Waals surface area contributed by atoms with Crippen molar-refractivity contribution >= 4 is 5.97 Å². The SMILES string of the molecule is O=C(O)CCCC([N+](=O)[O-])[N+](=O)[O-]. The van der Waals surface area contributed by atoms with Crippen LogP contribution in [0.3, 0.4) is 0 Å².